The lowest BCUT2D eigenvalue weighted by atomic mass is 9.97. The first kappa shape index (κ1) is 25.3. The Kier molecular flexibility index (Phi) is 6.89. The maximum atomic E-state index is 13.1. The number of morpholine rings is 1. The van der Waals surface area contributed by atoms with E-state index in [0.717, 1.165) is 79.1 Å². The Hall–Kier alpha value is -4.01. The molecule has 2 N–H and O–H groups in total. The van der Waals surface area contributed by atoms with Gasteiger partial charge in [0.1, 0.15) is 11.6 Å². The highest BCUT2D eigenvalue weighted by Crippen LogP contribution is 2.49. The molecule has 1 aromatic heterocycles. The summed E-state index contributed by atoms with van der Waals surface area (Å²) >= 11 is 0. The molecule has 200 valence electrons. The predicted molar refractivity (Wildman–Crippen MR) is 153 cm³/mol. The molecule has 2 heterocycles. The second-order valence-corrected chi connectivity index (χ2v) is 10.5. The van der Waals surface area contributed by atoms with Gasteiger partial charge >= 0.3 is 6.03 Å². The van der Waals surface area contributed by atoms with Gasteiger partial charge in [-0.3, -0.25) is 4.90 Å². The van der Waals surface area contributed by atoms with Crippen LogP contribution in [0.25, 0.3) is 21.9 Å². The van der Waals surface area contributed by atoms with Gasteiger partial charge in [0.2, 0.25) is 0 Å². The molecule has 0 bridgehead atoms. The predicted octanol–water partition coefficient (Wildman–Crippen LogP) is 5.83. The summed E-state index contributed by atoms with van der Waals surface area (Å²) in [5.41, 5.74) is 4.74. The molecule has 0 radical (unpaired) electrons. The average molecular weight is 524 g/mol. The largest absolute Gasteiger partial charge is 0.495 e. The lowest BCUT2D eigenvalue weighted by molar-refractivity contribution is 0.0330. The number of carbonyl (C=O) groups excluding carboxylic acids is 1. The number of fused-ring (bicyclic) bond motifs is 1. The summed E-state index contributed by atoms with van der Waals surface area (Å²) < 4.78 is 10.9. The number of anilines is 2. The molecule has 1 aliphatic carbocycles. The molecular weight excluding hydrogens is 490 g/mol. The fourth-order valence-electron chi connectivity index (χ4n) is 5.13. The Labute approximate surface area is 228 Å². The number of benzene rings is 3. The van der Waals surface area contributed by atoms with Gasteiger partial charge in [0, 0.05) is 36.4 Å². The van der Waals surface area contributed by atoms with Gasteiger partial charge in [-0.2, -0.15) is 0 Å². The number of aromatic nitrogens is 2. The van der Waals surface area contributed by atoms with Crippen molar-refractivity contribution in [2.45, 2.75) is 31.7 Å². The number of nitrogens with zero attached hydrogens (tertiary/aromatic N) is 3. The molecule has 8 nitrogen and oxygen atoms in total. The third kappa shape index (κ3) is 5.44. The molecular formula is C31H33N5O3. The van der Waals surface area contributed by atoms with Crippen molar-refractivity contribution in [2.24, 2.45) is 0 Å². The standard InChI is InChI=1S/C31H33N5O3/c1-31(11-12-31)22-7-10-28(38-2)27(17-22)35-30(37)34-26-9-8-23(24-5-3-4-6-25(24)26)21-18-32-29(33-19-21)20-36-13-15-39-16-14-36/h3-10,17-19H,11-16,20H2,1-2H3,(H2,34,35,37). The van der Waals surface area contributed by atoms with E-state index in [4.69, 9.17) is 9.47 Å². The summed E-state index contributed by atoms with van der Waals surface area (Å²) in [7, 11) is 1.61. The third-order valence-corrected chi connectivity index (χ3v) is 7.80. The molecule has 3 aromatic carbocycles. The van der Waals surface area contributed by atoms with Crippen molar-refractivity contribution in [3.63, 3.8) is 0 Å². The lowest BCUT2D eigenvalue weighted by Crippen LogP contribution is -2.36. The Morgan fingerprint density at radius 1 is 0.974 bits per heavy atom. The summed E-state index contributed by atoms with van der Waals surface area (Å²) in [6, 6.07) is 17.7. The summed E-state index contributed by atoms with van der Waals surface area (Å²) in [5.74, 6) is 1.44. The molecule has 0 atom stereocenters. The molecule has 0 unspecified atom stereocenters. The molecule has 8 heteroatoms. The first-order chi connectivity index (χ1) is 19.0. The highest BCUT2D eigenvalue weighted by atomic mass is 16.5. The number of hydrogen-bond acceptors (Lipinski definition) is 6. The van der Waals surface area contributed by atoms with Crippen LogP contribution in [0.3, 0.4) is 0 Å². The fraction of sp³-hybridized carbons (Fsp3) is 0.323. The second kappa shape index (κ2) is 10.6. The van der Waals surface area contributed by atoms with Gasteiger partial charge in [0.25, 0.3) is 0 Å². The maximum Gasteiger partial charge on any atom is 0.323 e. The first-order valence-corrected chi connectivity index (χ1v) is 13.4. The Morgan fingerprint density at radius 2 is 1.69 bits per heavy atom. The number of hydrogen-bond donors (Lipinski definition) is 2. The van der Waals surface area contributed by atoms with Crippen LogP contribution in [0.4, 0.5) is 16.2 Å². The molecule has 2 fully saturated rings. The summed E-state index contributed by atoms with van der Waals surface area (Å²) in [6.45, 7) is 6.26. The number of methoxy groups -OCH3 is 1. The minimum Gasteiger partial charge on any atom is -0.495 e. The highest BCUT2D eigenvalue weighted by molar-refractivity contribution is 6.10. The van der Waals surface area contributed by atoms with E-state index < -0.39 is 0 Å². The van der Waals surface area contributed by atoms with Crippen LogP contribution in [0.2, 0.25) is 0 Å². The third-order valence-electron chi connectivity index (χ3n) is 7.80. The van der Waals surface area contributed by atoms with Crippen molar-refractivity contribution < 1.29 is 14.3 Å². The minimum absolute atomic E-state index is 0.190. The molecule has 39 heavy (non-hydrogen) atoms. The normalized spacial score (nSPS) is 16.6. The summed E-state index contributed by atoms with van der Waals surface area (Å²) in [5, 5.41) is 7.99. The Morgan fingerprint density at radius 3 is 2.41 bits per heavy atom. The number of nitrogens with one attached hydrogen (secondary N) is 2. The monoisotopic (exact) mass is 523 g/mol. The number of urea groups is 1. The van der Waals surface area contributed by atoms with Crippen LogP contribution in [0.5, 0.6) is 5.75 Å². The van der Waals surface area contributed by atoms with Crippen molar-refractivity contribution in [2.75, 3.05) is 44.0 Å². The van der Waals surface area contributed by atoms with Crippen LogP contribution < -0.4 is 15.4 Å². The van der Waals surface area contributed by atoms with Gasteiger partial charge in [0.05, 0.1) is 38.2 Å². The van der Waals surface area contributed by atoms with Crippen LogP contribution in [-0.2, 0) is 16.7 Å². The number of rotatable bonds is 7. The van der Waals surface area contributed by atoms with E-state index in [9.17, 15) is 4.79 Å². The number of amides is 2. The van der Waals surface area contributed by atoms with Gasteiger partial charge in [0.15, 0.2) is 0 Å². The summed E-state index contributed by atoms with van der Waals surface area (Å²) in [4.78, 5) is 24.7. The maximum absolute atomic E-state index is 13.1. The van der Waals surface area contributed by atoms with Crippen LogP contribution in [0.1, 0.15) is 31.2 Å². The second-order valence-electron chi connectivity index (χ2n) is 10.5. The zero-order valence-electron chi connectivity index (χ0n) is 22.4. The molecule has 1 saturated carbocycles. The Bertz CT molecular complexity index is 1490. The van der Waals surface area contributed by atoms with E-state index in [1.165, 1.54) is 5.56 Å². The Balaban J connectivity index is 1.22. The zero-order chi connectivity index (χ0) is 26.8. The highest BCUT2D eigenvalue weighted by Gasteiger charge is 2.39. The zero-order valence-corrected chi connectivity index (χ0v) is 22.4. The molecule has 6 rings (SSSR count). The van der Waals surface area contributed by atoms with Gasteiger partial charge in [-0.25, -0.2) is 14.8 Å². The van der Waals surface area contributed by atoms with Crippen molar-refractivity contribution in [3.8, 4) is 16.9 Å². The number of carbonyl (C=O) groups is 1. The van der Waals surface area contributed by atoms with Crippen LogP contribution >= 0.6 is 0 Å². The first-order valence-electron chi connectivity index (χ1n) is 13.4. The van der Waals surface area contributed by atoms with Crippen LogP contribution in [-0.4, -0.2) is 54.3 Å². The topological polar surface area (TPSA) is 88.6 Å². The molecule has 4 aromatic rings. The van der Waals surface area contributed by atoms with Crippen molar-refractivity contribution >= 4 is 28.2 Å². The minimum atomic E-state index is -0.319. The van der Waals surface area contributed by atoms with Crippen LogP contribution in [0, 0.1) is 0 Å². The molecule has 2 aliphatic rings. The van der Waals surface area contributed by atoms with Crippen molar-refractivity contribution in [1.82, 2.24) is 14.9 Å². The molecule has 0 spiro atoms. The van der Waals surface area contributed by atoms with E-state index in [1.807, 2.05) is 54.9 Å². The van der Waals surface area contributed by atoms with Crippen molar-refractivity contribution in [1.29, 1.82) is 0 Å². The molecule has 2 amide bonds. The quantitative estimate of drug-likeness (QED) is 0.317. The van der Waals surface area contributed by atoms with E-state index in [1.54, 1.807) is 7.11 Å². The van der Waals surface area contributed by atoms with Crippen LogP contribution in [0.15, 0.2) is 67.0 Å². The van der Waals surface area contributed by atoms with Gasteiger partial charge in [-0.1, -0.05) is 43.3 Å². The molecule has 1 saturated heterocycles. The summed E-state index contributed by atoms with van der Waals surface area (Å²) in [6.07, 6.45) is 6.07. The lowest BCUT2D eigenvalue weighted by Gasteiger charge is -2.25. The number of ether oxygens (including phenoxy) is 2. The smallest absolute Gasteiger partial charge is 0.323 e. The van der Waals surface area contributed by atoms with Gasteiger partial charge in [-0.15, -0.1) is 0 Å². The van der Waals surface area contributed by atoms with Crippen molar-refractivity contribution in [3.05, 3.63) is 78.4 Å². The SMILES string of the molecule is COc1ccc(C2(C)CC2)cc1NC(=O)Nc1ccc(-c2cnc(CN3CCOCC3)nc2)c2ccccc12. The van der Waals surface area contributed by atoms with E-state index in [-0.39, 0.29) is 11.4 Å². The van der Waals surface area contributed by atoms with E-state index >= 15 is 0 Å². The average Bonchev–Trinajstić information content (AvgIpc) is 3.72. The van der Waals surface area contributed by atoms with Gasteiger partial charge in [-0.05, 0) is 53.0 Å². The van der Waals surface area contributed by atoms with Gasteiger partial charge < -0.3 is 20.1 Å². The van der Waals surface area contributed by atoms with E-state index in [0.29, 0.717) is 11.4 Å². The van der Waals surface area contributed by atoms with E-state index in [2.05, 4.69) is 44.6 Å². The fourth-order valence-corrected chi connectivity index (χ4v) is 5.13. The molecule has 1 aliphatic heterocycles.